The lowest BCUT2D eigenvalue weighted by molar-refractivity contribution is 0.251. The zero-order valence-corrected chi connectivity index (χ0v) is 12.4. The molecule has 1 heterocycles. The molecule has 0 saturated carbocycles. The van der Waals surface area contributed by atoms with Crippen molar-refractivity contribution in [3.05, 3.63) is 46.7 Å². The topological polar surface area (TPSA) is 89.8 Å². The Bertz CT molecular complexity index is 682. The molecule has 0 radical (unpaired) electrons. The summed E-state index contributed by atoms with van der Waals surface area (Å²) in [6.07, 6.45) is 0. The molecule has 22 heavy (non-hydrogen) atoms. The van der Waals surface area contributed by atoms with Gasteiger partial charge in [-0.1, -0.05) is 12.1 Å². The minimum absolute atomic E-state index is 0.228. The minimum Gasteiger partial charge on any atom is -0.334 e. The van der Waals surface area contributed by atoms with E-state index in [0.717, 1.165) is 5.69 Å². The number of carbonyl (C=O) groups excluding carboxylic acids is 1. The zero-order valence-electron chi connectivity index (χ0n) is 11.6. The lowest BCUT2D eigenvalue weighted by Crippen LogP contribution is -2.28. The third-order valence-electron chi connectivity index (χ3n) is 2.62. The fourth-order valence-electron chi connectivity index (χ4n) is 1.66. The lowest BCUT2D eigenvalue weighted by atomic mass is 10.2. The average molecular weight is 319 g/mol. The van der Waals surface area contributed by atoms with Crippen LogP contribution in [0.2, 0.25) is 0 Å². The van der Waals surface area contributed by atoms with Crippen LogP contribution in [0.3, 0.4) is 0 Å². The second kappa shape index (κ2) is 8.07. The molecule has 0 fully saturated rings. The standard InChI is InChI=1S/C14H14FN5OS/c15-11-3-1-2-10(6-11)7-18-13(21)20-14-19-12(9-22-14)8-17-5-4-16/h1-3,6,9,17H,5,7-8H2,(H2,18,19,20,21). The Hall–Kier alpha value is -2.50. The summed E-state index contributed by atoms with van der Waals surface area (Å²) in [4.78, 5) is 15.9. The monoisotopic (exact) mass is 319 g/mol. The summed E-state index contributed by atoms with van der Waals surface area (Å²) < 4.78 is 13.0. The fraction of sp³-hybridized carbons (Fsp3) is 0.214. The molecule has 0 aliphatic carbocycles. The Morgan fingerprint density at radius 3 is 3.05 bits per heavy atom. The van der Waals surface area contributed by atoms with Gasteiger partial charge in [0, 0.05) is 18.5 Å². The Labute approximate surface area is 131 Å². The van der Waals surface area contributed by atoms with Crippen LogP contribution in [0.15, 0.2) is 29.6 Å². The van der Waals surface area contributed by atoms with Crippen LogP contribution in [0, 0.1) is 17.1 Å². The van der Waals surface area contributed by atoms with Crippen LogP contribution >= 0.6 is 11.3 Å². The van der Waals surface area contributed by atoms with Crippen molar-refractivity contribution in [2.24, 2.45) is 0 Å². The molecule has 0 spiro atoms. The van der Waals surface area contributed by atoms with Crippen molar-refractivity contribution < 1.29 is 9.18 Å². The maximum Gasteiger partial charge on any atom is 0.321 e. The van der Waals surface area contributed by atoms with Crippen LogP contribution in [0.25, 0.3) is 0 Å². The Kier molecular flexibility index (Phi) is 5.82. The molecule has 8 heteroatoms. The molecule has 6 nitrogen and oxygen atoms in total. The molecule has 2 rings (SSSR count). The minimum atomic E-state index is -0.407. The van der Waals surface area contributed by atoms with Crippen molar-refractivity contribution in [3.63, 3.8) is 0 Å². The number of amides is 2. The molecule has 1 aromatic heterocycles. The molecule has 3 N–H and O–H groups in total. The van der Waals surface area contributed by atoms with Gasteiger partial charge >= 0.3 is 6.03 Å². The number of nitrogens with one attached hydrogen (secondary N) is 3. The highest BCUT2D eigenvalue weighted by molar-refractivity contribution is 7.13. The number of urea groups is 1. The number of nitriles is 1. The molecule has 0 aliphatic rings. The van der Waals surface area contributed by atoms with Gasteiger partial charge in [0.1, 0.15) is 5.82 Å². The maximum atomic E-state index is 13.0. The summed E-state index contributed by atoms with van der Waals surface area (Å²) in [6.45, 7) is 0.941. The van der Waals surface area contributed by atoms with Crippen molar-refractivity contribution in [1.82, 2.24) is 15.6 Å². The van der Waals surface area contributed by atoms with E-state index < -0.39 is 6.03 Å². The normalized spacial score (nSPS) is 10.0. The quantitative estimate of drug-likeness (QED) is 0.562. The van der Waals surface area contributed by atoms with Gasteiger partial charge in [0.05, 0.1) is 18.3 Å². The number of hydrogen-bond acceptors (Lipinski definition) is 5. The highest BCUT2D eigenvalue weighted by Gasteiger charge is 2.06. The summed E-state index contributed by atoms with van der Waals surface area (Å²) in [7, 11) is 0. The van der Waals surface area contributed by atoms with E-state index in [1.807, 2.05) is 6.07 Å². The number of rotatable bonds is 6. The van der Waals surface area contributed by atoms with E-state index in [1.54, 1.807) is 17.5 Å². The van der Waals surface area contributed by atoms with Crippen LogP contribution in [0.1, 0.15) is 11.3 Å². The van der Waals surface area contributed by atoms with E-state index in [9.17, 15) is 9.18 Å². The number of benzene rings is 1. The number of anilines is 1. The van der Waals surface area contributed by atoms with Crippen LogP contribution in [-0.4, -0.2) is 17.6 Å². The van der Waals surface area contributed by atoms with E-state index in [2.05, 4.69) is 20.9 Å². The van der Waals surface area contributed by atoms with Gasteiger partial charge in [-0.05, 0) is 17.7 Å². The van der Waals surface area contributed by atoms with Gasteiger partial charge in [-0.3, -0.25) is 10.6 Å². The smallest absolute Gasteiger partial charge is 0.321 e. The first-order valence-corrected chi connectivity index (χ1v) is 7.36. The number of hydrogen-bond donors (Lipinski definition) is 3. The summed E-state index contributed by atoms with van der Waals surface area (Å²) in [6, 6.07) is 7.59. The highest BCUT2D eigenvalue weighted by Crippen LogP contribution is 2.15. The van der Waals surface area contributed by atoms with Crippen LogP contribution in [-0.2, 0) is 13.1 Å². The second-order valence-corrected chi connectivity index (χ2v) is 5.20. The van der Waals surface area contributed by atoms with Crippen LogP contribution in [0.5, 0.6) is 0 Å². The largest absolute Gasteiger partial charge is 0.334 e. The van der Waals surface area contributed by atoms with Gasteiger partial charge < -0.3 is 5.32 Å². The summed E-state index contributed by atoms with van der Waals surface area (Å²) >= 11 is 1.29. The first-order valence-electron chi connectivity index (χ1n) is 6.49. The van der Waals surface area contributed by atoms with Crippen molar-refractivity contribution in [2.75, 3.05) is 11.9 Å². The molecule has 0 atom stereocenters. The van der Waals surface area contributed by atoms with E-state index in [-0.39, 0.29) is 18.9 Å². The van der Waals surface area contributed by atoms with Crippen molar-refractivity contribution >= 4 is 22.5 Å². The lowest BCUT2D eigenvalue weighted by Gasteiger charge is -2.05. The van der Waals surface area contributed by atoms with E-state index in [1.165, 1.54) is 23.5 Å². The average Bonchev–Trinajstić information content (AvgIpc) is 2.93. The number of halogens is 1. The molecule has 0 saturated heterocycles. The number of nitrogens with zero attached hydrogens (tertiary/aromatic N) is 2. The Morgan fingerprint density at radius 1 is 1.41 bits per heavy atom. The summed E-state index contributed by atoms with van der Waals surface area (Å²) in [5.41, 5.74) is 1.43. The van der Waals surface area contributed by atoms with Gasteiger partial charge in [-0.2, -0.15) is 5.26 Å². The second-order valence-electron chi connectivity index (χ2n) is 4.34. The third kappa shape index (κ3) is 5.12. The fourth-order valence-corrected chi connectivity index (χ4v) is 2.37. The van der Waals surface area contributed by atoms with E-state index in [0.29, 0.717) is 17.2 Å². The van der Waals surface area contributed by atoms with Gasteiger partial charge in [0.15, 0.2) is 5.13 Å². The molecule has 0 bridgehead atoms. The van der Waals surface area contributed by atoms with Gasteiger partial charge in [0.25, 0.3) is 0 Å². The highest BCUT2D eigenvalue weighted by atomic mass is 32.1. The Morgan fingerprint density at radius 2 is 2.27 bits per heavy atom. The van der Waals surface area contributed by atoms with Gasteiger partial charge in [-0.15, -0.1) is 11.3 Å². The summed E-state index contributed by atoms with van der Waals surface area (Å²) in [5.74, 6) is -0.339. The molecule has 1 aromatic carbocycles. The number of carbonyl (C=O) groups is 1. The molecule has 0 unspecified atom stereocenters. The molecule has 2 aromatic rings. The first kappa shape index (κ1) is 15.9. The molecular formula is C14H14FN5OS. The summed E-state index contributed by atoms with van der Waals surface area (Å²) in [5, 5.41) is 18.8. The van der Waals surface area contributed by atoms with Gasteiger partial charge in [0.2, 0.25) is 0 Å². The first-order chi connectivity index (χ1) is 10.7. The van der Waals surface area contributed by atoms with Crippen molar-refractivity contribution in [2.45, 2.75) is 13.1 Å². The Balaban J connectivity index is 1.78. The van der Waals surface area contributed by atoms with Crippen LogP contribution < -0.4 is 16.0 Å². The predicted molar refractivity (Wildman–Crippen MR) is 81.7 cm³/mol. The maximum absolute atomic E-state index is 13.0. The number of aromatic nitrogens is 1. The number of thiazole rings is 1. The molecule has 2 amide bonds. The van der Waals surface area contributed by atoms with Crippen molar-refractivity contribution in [1.29, 1.82) is 5.26 Å². The van der Waals surface area contributed by atoms with E-state index >= 15 is 0 Å². The van der Waals surface area contributed by atoms with E-state index in [4.69, 9.17) is 5.26 Å². The molecule has 114 valence electrons. The molecular weight excluding hydrogens is 305 g/mol. The predicted octanol–water partition coefficient (Wildman–Crippen LogP) is 2.22. The van der Waals surface area contributed by atoms with Crippen molar-refractivity contribution in [3.8, 4) is 6.07 Å². The SMILES string of the molecule is N#CCNCc1csc(NC(=O)NCc2cccc(F)c2)n1. The zero-order chi connectivity index (χ0) is 15.8. The third-order valence-corrected chi connectivity index (χ3v) is 3.43. The van der Waals surface area contributed by atoms with Gasteiger partial charge in [-0.25, -0.2) is 14.2 Å². The van der Waals surface area contributed by atoms with Crippen LogP contribution in [0.4, 0.5) is 14.3 Å². The molecule has 0 aliphatic heterocycles.